The van der Waals surface area contributed by atoms with Gasteiger partial charge in [0.2, 0.25) is 0 Å². The standard InChI is InChI=1S/C12H17BrO2/c1-8-7-10(5-4-6-14)12(15-3)9(2)11(8)13/h7,14H,4-6H2,1-3H3. The molecular formula is C12H17BrO2. The third-order valence-corrected chi connectivity index (χ3v) is 3.73. The van der Waals surface area contributed by atoms with E-state index >= 15 is 0 Å². The number of benzene rings is 1. The van der Waals surface area contributed by atoms with E-state index in [1.165, 1.54) is 11.1 Å². The molecule has 0 heterocycles. The fourth-order valence-electron chi connectivity index (χ4n) is 1.77. The average Bonchev–Trinajstić information content (AvgIpc) is 2.23. The Labute approximate surface area is 99.4 Å². The van der Waals surface area contributed by atoms with Crippen LogP contribution in [-0.2, 0) is 6.42 Å². The Morgan fingerprint density at radius 1 is 1.40 bits per heavy atom. The molecule has 0 saturated carbocycles. The van der Waals surface area contributed by atoms with Gasteiger partial charge in [0.05, 0.1) is 7.11 Å². The van der Waals surface area contributed by atoms with Crippen molar-refractivity contribution < 1.29 is 9.84 Å². The predicted molar refractivity (Wildman–Crippen MR) is 65.6 cm³/mol. The van der Waals surface area contributed by atoms with Crippen LogP contribution in [0.3, 0.4) is 0 Å². The van der Waals surface area contributed by atoms with Gasteiger partial charge in [-0.3, -0.25) is 0 Å². The minimum atomic E-state index is 0.220. The molecule has 3 heteroatoms. The van der Waals surface area contributed by atoms with E-state index < -0.39 is 0 Å². The average molecular weight is 273 g/mol. The van der Waals surface area contributed by atoms with E-state index in [-0.39, 0.29) is 6.61 Å². The Hall–Kier alpha value is -0.540. The monoisotopic (exact) mass is 272 g/mol. The summed E-state index contributed by atoms with van der Waals surface area (Å²) in [5.41, 5.74) is 3.51. The Morgan fingerprint density at radius 3 is 2.60 bits per heavy atom. The minimum Gasteiger partial charge on any atom is -0.496 e. The van der Waals surface area contributed by atoms with Crippen molar-refractivity contribution in [2.45, 2.75) is 26.7 Å². The van der Waals surface area contributed by atoms with Crippen LogP contribution in [0.5, 0.6) is 5.75 Å². The normalized spacial score (nSPS) is 10.5. The molecule has 1 aromatic rings. The predicted octanol–water partition coefficient (Wildman–Crippen LogP) is 3.00. The van der Waals surface area contributed by atoms with Crippen molar-refractivity contribution in [3.63, 3.8) is 0 Å². The fraction of sp³-hybridized carbons (Fsp3) is 0.500. The van der Waals surface area contributed by atoms with Gasteiger partial charge >= 0.3 is 0 Å². The van der Waals surface area contributed by atoms with Crippen LogP contribution in [-0.4, -0.2) is 18.8 Å². The van der Waals surface area contributed by atoms with Gasteiger partial charge in [-0.15, -0.1) is 0 Å². The molecule has 15 heavy (non-hydrogen) atoms. The molecule has 1 rings (SSSR count). The summed E-state index contributed by atoms with van der Waals surface area (Å²) in [5.74, 6) is 0.931. The number of hydrogen-bond donors (Lipinski definition) is 1. The summed E-state index contributed by atoms with van der Waals surface area (Å²) in [5, 5.41) is 8.83. The summed E-state index contributed by atoms with van der Waals surface area (Å²) in [6, 6.07) is 2.12. The van der Waals surface area contributed by atoms with Gasteiger partial charge in [-0.05, 0) is 37.8 Å². The highest BCUT2D eigenvalue weighted by atomic mass is 79.9. The molecule has 0 unspecified atom stereocenters. The zero-order valence-electron chi connectivity index (χ0n) is 9.43. The fourth-order valence-corrected chi connectivity index (χ4v) is 2.06. The molecule has 1 aromatic carbocycles. The number of aryl methyl sites for hydroxylation is 2. The van der Waals surface area contributed by atoms with Crippen molar-refractivity contribution in [3.8, 4) is 5.75 Å². The van der Waals surface area contributed by atoms with Crippen LogP contribution in [0.1, 0.15) is 23.1 Å². The van der Waals surface area contributed by atoms with Gasteiger partial charge in [0.1, 0.15) is 5.75 Å². The van der Waals surface area contributed by atoms with Gasteiger partial charge in [0.25, 0.3) is 0 Å². The molecule has 0 atom stereocenters. The summed E-state index contributed by atoms with van der Waals surface area (Å²) in [7, 11) is 1.69. The minimum absolute atomic E-state index is 0.220. The largest absolute Gasteiger partial charge is 0.496 e. The zero-order valence-corrected chi connectivity index (χ0v) is 11.0. The first-order valence-electron chi connectivity index (χ1n) is 5.05. The van der Waals surface area contributed by atoms with E-state index in [1.54, 1.807) is 7.11 Å². The molecular weight excluding hydrogens is 256 g/mol. The maximum Gasteiger partial charge on any atom is 0.126 e. The van der Waals surface area contributed by atoms with Gasteiger partial charge in [-0.25, -0.2) is 0 Å². The van der Waals surface area contributed by atoms with Crippen LogP contribution in [0.4, 0.5) is 0 Å². The van der Waals surface area contributed by atoms with Crippen LogP contribution in [0.25, 0.3) is 0 Å². The first kappa shape index (κ1) is 12.5. The van der Waals surface area contributed by atoms with Crippen molar-refractivity contribution in [2.75, 3.05) is 13.7 Å². The Balaban J connectivity index is 3.13. The lowest BCUT2D eigenvalue weighted by molar-refractivity contribution is 0.287. The topological polar surface area (TPSA) is 29.5 Å². The molecule has 2 nitrogen and oxygen atoms in total. The number of aliphatic hydroxyl groups excluding tert-OH is 1. The second-order valence-electron chi connectivity index (χ2n) is 3.65. The van der Waals surface area contributed by atoms with Crippen LogP contribution in [0, 0.1) is 13.8 Å². The summed E-state index contributed by atoms with van der Waals surface area (Å²) in [4.78, 5) is 0. The molecule has 84 valence electrons. The lowest BCUT2D eigenvalue weighted by Crippen LogP contribution is -1.99. The molecule has 0 aliphatic rings. The molecule has 0 spiro atoms. The van der Waals surface area contributed by atoms with Gasteiger partial charge in [0.15, 0.2) is 0 Å². The van der Waals surface area contributed by atoms with Gasteiger partial charge < -0.3 is 9.84 Å². The van der Waals surface area contributed by atoms with E-state index in [0.29, 0.717) is 0 Å². The number of hydrogen-bond acceptors (Lipinski definition) is 2. The van der Waals surface area contributed by atoms with Crippen LogP contribution in [0.2, 0.25) is 0 Å². The van der Waals surface area contributed by atoms with Crippen molar-refractivity contribution in [2.24, 2.45) is 0 Å². The third-order valence-electron chi connectivity index (χ3n) is 2.51. The first-order chi connectivity index (χ1) is 7.11. The van der Waals surface area contributed by atoms with Gasteiger partial charge in [-0.1, -0.05) is 22.0 Å². The summed E-state index contributed by atoms with van der Waals surface area (Å²) in [6.07, 6.45) is 1.63. The lowest BCUT2D eigenvalue weighted by Gasteiger charge is -2.14. The summed E-state index contributed by atoms with van der Waals surface area (Å²) in [6.45, 7) is 4.33. The maximum absolute atomic E-state index is 8.83. The van der Waals surface area contributed by atoms with Crippen LogP contribution < -0.4 is 4.74 Å². The van der Waals surface area contributed by atoms with Crippen LogP contribution in [0.15, 0.2) is 10.5 Å². The summed E-state index contributed by atoms with van der Waals surface area (Å²) >= 11 is 3.54. The van der Waals surface area contributed by atoms with Gasteiger partial charge in [0, 0.05) is 16.6 Å². The molecule has 0 bridgehead atoms. The molecule has 1 N–H and O–H groups in total. The second kappa shape index (κ2) is 5.52. The number of methoxy groups -OCH3 is 1. The molecule has 0 saturated heterocycles. The smallest absolute Gasteiger partial charge is 0.126 e. The van der Waals surface area contributed by atoms with E-state index in [1.807, 2.05) is 6.92 Å². The highest BCUT2D eigenvalue weighted by Gasteiger charge is 2.11. The molecule has 0 radical (unpaired) electrons. The van der Waals surface area contributed by atoms with Crippen molar-refractivity contribution >= 4 is 15.9 Å². The molecule has 0 amide bonds. The van der Waals surface area contributed by atoms with E-state index in [2.05, 4.69) is 28.9 Å². The Kier molecular flexibility index (Phi) is 4.61. The number of ether oxygens (including phenoxy) is 1. The number of rotatable bonds is 4. The summed E-state index contributed by atoms with van der Waals surface area (Å²) < 4.78 is 6.50. The highest BCUT2D eigenvalue weighted by molar-refractivity contribution is 9.10. The number of aliphatic hydroxyl groups is 1. The zero-order chi connectivity index (χ0) is 11.4. The Morgan fingerprint density at radius 2 is 2.07 bits per heavy atom. The quantitative estimate of drug-likeness (QED) is 0.913. The highest BCUT2D eigenvalue weighted by Crippen LogP contribution is 2.33. The first-order valence-corrected chi connectivity index (χ1v) is 5.84. The maximum atomic E-state index is 8.83. The van der Waals surface area contributed by atoms with Crippen molar-refractivity contribution in [3.05, 3.63) is 27.2 Å². The molecule has 0 aliphatic carbocycles. The number of halogens is 1. The third kappa shape index (κ3) is 2.73. The van der Waals surface area contributed by atoms with E-state index in [4.69, 9.17) is 9.84 Å². The Bertz CT molecular complexity index is 348. The second-order valence-corrected chi connectivity index (χ2v) is 4.44. The van der Waals surface area contributed by atoms with Crippen LogP contribution >= 0.6 is 15.9 Å². The van der Waals surface area contributed by atoms with E-state index in [9.17, 15) is 0 Å². The van der Waals surface area contributed by atoms with Gasteiger partial charge in [-0.2, -0.15) is 0 Å². The SMILES string of the molecule is COc1c(CCCO)cc(C)c(Br)c1C. The van der Waals surface area contributed by atoms with Crippen molar-refractivity contribution in [1.29, 1.82) is 0 Å². The molecule has 0 fully saturated rings. The molecule has 0 aliphatic heterocycles. The lowest BCUT2D eigenvalue weighted by atomic mass is 10.0. The van der Waals surface area contributed by atoms with E-state index in [0.717, 1.165) is 28.6 Å². The van der Waals surface area contributed by atoms with Crippen molar-refractivity contribution in [1.82, 2.24) is 0 Å². The molecule has 0 aromatic heterocycles.